The first-order valence-corrected chi connectivity index (χ1v) is 8.71. The number of benzene rings is 2. The molecule has 0 aliphatic heterocycles. The number of fused-ring (bicyclic) bond motifs is 1. The number of rotatable bonds is 5. The zero-order valence-electron chi connectivity index (χ0n) is 14.6. The summed E-state index contributed by atoms with van der Waals surface area (Å²) in [6, 6.07) is 13.0. The molecule has 1 atom stereocenters. The van der Waals surface area contributed by atoms with E-state index in [4.69, 9.17) is 9.47 Å². The molecule has 130 valence electrons. The van der Waals surface area contributed by atoms with Crippen molar-refractivity contribution in [2.45, 2.75) is 13.0 Å². The number of hydrogen-bond acceptors (Lipinski definition) is 5. The van der Waals surface area contributed by atoms with Crippen LogP contribution in [-0.4, -0.2) is 37.1 Å². The number of carbonyl (C=O) groups is 1. The Morgan fingerprint density at radius 2 is 1.84 bits per heavy atom. The summed E-state index contributed by atoms with van der Waals surface area (Å²) in [7, 11) is 4.91. The van der Waals surface area contributed by atoms with Gasteiger partial charge < -0.3 is 14.4 Å². The summed E-state index contributed by atoms with van der Waals surface area (Å²) in [5.74, 6) is 1.04. The predicted molar refractivity (Wildman–Crippen MR) is 99.7 cm³/mol. The van der Waals surface area contributed by atoms with Crippen molar-refractivity contribution in [1.29, 1.82) is 0 Å². The van der Waals surface area contributed by atoms with Gasteiger partial charge in [0, 0.05) is 12.6 Å². The lowest BCUT2D eigenvalue weighted by Gasteiger charge is -2.23. The normalized spacial score (nSPS) is 12.0. The molecule has 0 spiro atoms. The number of methoxy groups -OCH3 is 2. The fraction of sp³-hybridized carbons (Fsp3) is 0.263. The van der Waals surface area contributed by atoms with Gasteiger partial charge in [-0.3, -0.25) is 4.79 Å². The number of ether oxygens (including phenoxy) is 2. The molecule has 0 fully saturated rings. The lowest BCUT2D eigenvalue weighted by molar-refractivity contribution is 0.0742. The highest BCUT2D eigenvalue weighted by molar-refractivity contribution is 7.18. The van der Waals surface area contributed by atoms with E-state index < -0.39 is 0 Å². The van der Waals surface area contributed by atoms with E-state index in [1.807, 2.05) is 31.2 Å². The quantitative estimate of drug-likeness (QED) is 0.689. The van der Waals surface area contributed by atoms with E-state index in [0.29, 0.717) is 17.1 Å². The van der Waals surface area contributed by atoms with Crippen LogP contribution in [0.5, 0.6) is 11.5 Å². The average Bonchev–Trinajstić information content (AvgIpc) is 3.09. The summed E-state index contributed by atoms with van der Waals surface area (Å²) in [6.45, 7) is 1.98. The molecule has 0 aliphatic carbocycles. The highest BCUT2D eigenvalue weighted by Gasteiger charge is 2.22. The minimum atomic E-state index is -0.127. The lowest BCUT2D eigenvalue weighted by Crippen LogP contribution is -2.29. The van der Waals surface area contributed by atoms with Crippen LogP contribution in [-0.2, 0) is 0 Å². The van der Waals surface area contributed by atoms with Crippen LogP contribution in [0.3, 0.4) is 0 Å². The Morgan fingerprint density at radius 1 is 1.12 bits per heavy atom. The second-order valence-corrected chi connectivity index (χ2v) is 6.74. The Bertz CT molecular complexity index is 874. The van der Waals surface area contributed by atoms with Crippen molar-refractivity contribution in [2.24, 2.45) is 0 Å². The maximum absolute atomic E-state index is 12.8. The Kier molecular flexibility index (Phi) is 4.90. The van der Waals surface area contributed by atoms with Crippen LogP contribution in [0.15, 0.2) is 42.5 Å². The van der Waals surface area contributed by atoms with E-state index >= 15 is 0 Å². The molecule has 0 saturated heterocycles. The standard InChI is InChI=1S/C19H20N2O3S/c1-12(18-20-14-7-5-6-8-17(14)25-18)21(2)19(22)13-9-10-15(23-3)16(11-13)24-4/h5-12H,1-4H3. The van der Waals surface area contributed by atoms with Gasteiger partial charge in [-0.15, -0.1) is 11.3 Å². The lowest BCUT2D eigenvalue weighted by atomic mass is 10.1. The number of nitrogens with zero attached hydrogens (tertiary/aromatic N) is 2. The minimum Gasteiger partial charge on any atom is -0.493 e. The highest BCUT2D eigenvalue weighted by atomic mass is 32.1. The first-order chi connectivity index (χ1) is 12.0. The van der Waals surface area contributed by atoms with Crippen LogP contribution in [0.2, 0.25) is 0 Å². The number of aromatic nitrogens is 1. The van der Waals surface area contributed by atoms with Crippen LogP contribution in [0, 0.1) is 0 Å². The Labute approximate surface area is 150 Å². The van der Waals surface area contributed by atoms with Crippen LogP contribution in [0.1, 0.15) is 28.3 Å². The summed E-state index contributed by atoms with van der Waals surface area (Å²) in [4.78, 5) is 19.2. The number of carbonyl (C=O) groups excluding carboxylic acids is 1. The molecule has 0 aliphatic rings. The largest absolute Gasteiger partial charge is 0.493 e. The van der Waals surface area contributed by atoms with Gasteiger partial charge in [-0.2, -0.15) is 0 Å². The van der Waals surface area contributed by atoms with Crippen molar-refractivity contribution in [3.8, 4) is 11.5 Å². The molecule has 0 bridgehead atoms. The Hall–Kier alpha value is -2.60. The van der Waals surface area contributed by atoms with Gasteiger partial charge in [-0.25, -0.2) is 4.98 Å². The second-order valence-electron chi connectivity index (χ2n) is 5.68. The summed E-state index contributed by atoms with van der Waals surface area (Å²) in [5, 5.41) is 0.914. The molecular weight excluding hydrogens is 336 g/mol. The van der Waals surface area contributed by atoms with Gasteiger partial charge in [-0.1, -0.05) is 12.1 Å². The monoisotopic (exact) mass is 356 g/mol. The molecule has 5 nitrogen and oxygen atoms in total. The van der Waals surface area contributed by atoms with Crippen molar-refractivity contribution in [3.05, 3.63) is 53.0 Å². The van der Waals surface area contributed by atoms with E-state index in [0.717, 1.165) is 15.2 Å². The zero-order chi connectivity index (χ0) is 18.0. The first-order valence-electron chi connectivity index (χ1n) is 7.89. The van der Waals surface area contributed by atoms with Gasteiger partial charge in [0.05, 0.1) is 30.5 Å². The van der Waals surface area contributed by atoms with Gasteiger partial charge in [-0.05, 0) is 37.3 Å². The molecule has 2 aromatic carbocycles. The molecule has 0 saturated carbocycles. The zero-order valence-corrected chi connectivity index (χ0v) is 15.5. The van der Waals surface area contributed by atoms with E-state index in [2.05, 4.69) is 4.98 Å². The fourth-order valence-electron chi connectivity index (χ4n) is 2.58. The van der Waals surface area contributed by atoms with Crippen molar-refractivity contribution < 1.29 is 14.3 Å². The van der Waals surface area contributed by atoms with Crippen molar-refractivity contribution in [1.82, 2.24) is 9.88 Å². The summed E-state index contributed by atoms with van der Waals surface area (Å²) >= 11 is 1.61. The Morgan fingerprint density at radius 3 is 2.52 bits per heavy atom. The molecular formula is C19H20N2O3S. The first kappa shape index (κ1) is 17.2. The molecule has 0 N–H and O–H groups in total. The molecule has 1 unspecified atom stereocenters. The maximum atomic E-state index is 12.8. The smallest absolute Gasteiger partial charge is 0.254 e. The van der Waals surface area contributed by atoms with Crippen molar-refractivity contribution in [3.63, 3.8) is 0 Å². The molecule has 3 aromatic rings. The van der Waals surface area contributed by atoms with Crippen LogP contribution < -0.4 is 9.47 Å². The third-order valence-electron chi connectivity index (χ3n) is 4.20. The summed E-state index contributed by atoms with van der Waals surface area (Å²) < 4.78 is 11.6. The van der Waals surface area contributed by atoms with Crippen molar-refractivity contribution >= 4 is 27.5 Å². The molecule has 0 radical (unpaired) electrons. The third kappa shape index (κ3) is 3.30. The van der Waals surface area contributed by atoms with E-state index in [-0.39, 0.29) is 11.9 Å². The third-order valence-corrected chi connectivity index (χ3v) is 5.41. The summed E-state index contributed by atoms with van der Waals surface area (Å²) in [6.07, 6.45) is 0. The molecule has 1 aromatic heterocycles. The van der Waals surface area contributed by atoms with Gasteiger partial charge in [0.2, 0.25) is 0 Å². The highest BCUT2D eigenvalue weighted by Crippen LogP contribution is 2.31. The van der Waals surface area contributed by atoms with Crippen molar-refractivity contribution in [2.75, 3.05) is 21.3 Å². The Balaban J connectivity index is 1.86. The fourth-order valence-corrected chi connectivity index (χ4v) is 3.65. The number of thiazole rings is 1. The van der Waals surface area contributed by atoms with Crippen LogP contribution in [0.4, 0.5) is 0 Å². The predicted octanol–water partition coefficient (Wildman–Crippen LogP) is 4.15. The van der Waals surface area contributed by atoms with Crippen LogP contribution >= 0.6 is 11.3 Å². The van der Waals surface area contributed by atoms with Crippen LogP contribution in [0.25, 0.3) is 10.2 Å². The number of para-hydroxylation sites is 1. The van der Waals surface area contributed by atoms with Gasteiger partial charge in [0.1, 0.15) is 5.01 Å². The maximum Gasteiger partial charge on any atom is 0.254 e. The second kappa shape index (κ2) is 7.11. The number of amides is 1. The van der Waals surface area contributed by atoms with Gasteiger partial charge >= 0.3 is 0 Å². The summed E-state index contributed by atoms with van der Waals surface area (Å²) in [5.41, 5.74) is 1.51. The number of hydrogen-bond donors (Lipinski definition) is 0. The minimum absolute atomic E-state index is 0.0901. The topological polar surface area (TPSA) is 51.7 Å². The van der Waals surface area contributed by atoms with E-state index in [1.54, 1.807) is 55.7 Å². The molecule has 6 heteroatoms. The molecule has 25 heavy (non-hydrogen) atoms. The average molecular weight is 356 g/mol. The SMILES string of the molecule is COc1ccc(C(=O)N(C)C(C)c2nc3ccccc3s2)cc1OC. The molecule has 1 heterocycles. The van der Waals surface area contributed by atoms with Gasteiger partial charge in [0.25, 0.3) is 5.91 Å². The van der Waals surface area contributed by atoms with E-state index in [1.165, 1.54) is 0 Å². The molecule has 1 amide bonds. The van der Waals surface area contributed by atoms with Gasteiger partial charge in [0.15, 0.2) is 11.5 Å². The van der Waals surface area contributed by atoms with E-state index in [9.17, 15) is 4.79 Å². The molecule has 3 rings (SSSR count).